The first kappa shape index (κ1) is 34.7. The summed E-state index contributed by atoms with van der Waals surface area (Å²) in [5, 5.41) is 22.4. The van der Waals surface area contributed by atoms with Crippen molar-refractivity contribution < 1.29 is 24.1 Å². The Kier molecular flexibility index (Phi) is 11.1. The average Bonchev–Trinajstić information content (AvgIpc) is 3.48. The highest BCUT2D eigenvalue weighted by molar-refractivity contribution is 6.99. The molecule has 1 aliphatic heterocycles. The van der Waals surface area contributed by atoms with E-state index in [1.165, 1.54) is 10.8 Å². The molecule has 2 unspecified atom stereocenters. The van der Waals surface area contributed by atoms with Crippen LogP contribution in [0.3, 0.4) is 0 Å². The van der Waals surface area contributed by atoms with Gasteiger partial charge in [-0.15, -0.1) is 0 Å². The van der Waals surface area contributed by atoms with Crippen LogP contribution in [0.15, 0.2) is 107 Å². The van der Waals surface area contributed by atoms with Gasteiger partial charge in [0.05, 0.1) is 38.1 Å². The van der Waals surface area contributed by atoms with Gasteiger partial charge in [0.15, 0.2) is 0 Å². The second-order valence-electron chi connectivity index (χ2n) is 13.4. The summed E-state index contributed by atoms with van der Waals surface area (Å²) in [4.78, 5) is 27.6. The Morgan fingerprint density at radius 3 is 2.09 bits per heavy atom. The number of rotatable bonds is 13. The number of nitrogens with zero attached hydrogens (tertiary/aromatic N) is 1. The van der Waals surface area contributed by atoms with Crippen LogP contribution >= 0.6 is 0 Å². The van der Waals surface area contributed by atoms with Crippen LogP contribution in [0.25, 0.3) is 0 Å². The number of hydrogen-bond acceptors (Lipinski definition) is 7. The van der Waals surface area contributed by atoms with Crippen molar-refractivity contribution in [3.63, 3.8) is 0 Å². The van der Waals surface area contributed by atoms with Gasteiger partial charge in [-0.05, 0) is 46.7 Å². The number of aliphatic hydroxyl groups excluding tert-OH is 2. The van der Waals surface area contributed by atoms with E-state index in [4.69, 9.17) is 13.9 Å². The molecule has 0 radical (unpaired) electrons. The number of hydrogen-bond donors (Lipinski definition) is 3. The molecule has 0 bridgehead atoms. The van der Waals surface area contributed by atoms with Crippen molar-refractivity contribution in [1.82, 2.24) is 9.55 Å². The van der Waals surface area contributed by atoms with Crippen molar-refractivity contribution in [2.24, 2.45) is 5.92 Å². The first-order valence-corrected chi connectivity index (χ1v) is 18.1. The minimum absolute atomic E-state index is 0.183. The van der Waals surface area contributed by atoms with Gasteiger partial charge in [0.2, 0.25) is 0 Å². The van der Waals surface area contributed by atoms with E-state index in [0.29, 0.717) is 18.6 Å². The van der Waals surface area contributed by atoms with E-state index >= 15 is 0 Å². The molecule has 0 saturated carbocycles. The average molecular weight is 659 g/mol. The van der Waals surface area contributed by atoms with Crippen LogP contribution in [0.1, 0.15) is 51.0 Å². The summed E-state index contributed by atoms with van der Waals surface area (Å²) in [5.74, 6) is -0.301. The summed E-state index contributed by atoms with van der Waals surface area (Å²) in [6, 6.07) is 30.5. The van der Waals surface area contributed by atoms with Crippen LogP contribution < -0.4 is 21.6 Å². The molecule has 5 atom stereocenters. The fraction of sp³-hybridized carbons (Fsp3) is 0.405. The van der Waals surface area contributed by atoms with E-state index < -0.39 is 50.7 Å². The molecule has 1 aliphatic rings. The standard InChI is InChI=1S/C37H46N2O7Si/c1-26-22-39(36(43)38-35(26)42)33-21-28(20-29(41)23-40)34(45-33)32(25-44-24-27-14-8-5-9-15-27)46-47(37(2,3)4,30-16-10-6-11-17-30)31-18-12-7-13-19-31/h5-19,22,28-29,32-34,40-41H,20-21,23-25H2,1-4H3,(H,38,42,43)/t28-,29?,32?,33+,34-/m0/s1. The Morgan fingerprint density at radius 1 is 0.957 bits per heavy atom. The van der Waals surface area contributed by atoms with Crippen molar-refractivity contribution in [1.29, 1.82) is 0 Å². The van der Waals surface area contributed by atoms with E-state index in [-0.39, 0.29) is 24.0 Å². The number of benzene rings is 3. The van der Waals surface area contributed by atoms with E-state index in [2.05, 4.69) is 50.0 Å². The Hall–Kier alpha value is -3.64. The molecule has 3 N–H and O–H groups in total. The van der Waals surface area contributed by atoms with Gasteiger partial charge in [-0.1, -0.05) is 112 Å². The molecule has 250 valence electrons. The first-order chi connectivity index (χ1) is 22.5. The van der Waals surface area contributed by atoms with Crippen LogP contribution in [0.4, 0.5) is 0 Å². The molecule has 0 aliphatic carbocycles. The summed E-state index contributed by atoms with van der Waals surface area (Å²) in [7, 11) is -3.10. The summed E-state index contributed by atoms with van der Waals surface area (Å²) in [6.45, 7) is 8.39. The summed E-state index contributed by atoms with van der Waals surface area (Å²) >= 11 is 0. The number of aromatic nitrogens is 2. The van der Waals surface area contributed by atoms with Gasteiger partial charge in [0.1, 0.15) is 6.23 Å². The smallest absolute Gasteiger partial charge is 0.330 e. The van der Waals surface area contributed by atoms with Gasteiger partial charge in [0.25, 0.3) is 13.9 Å². The summed E-state index contributed by atoms with van der Waals surface area (Å²) < 4.78 is 22.1. The third-order valence-electron chi connectivity index (χ3n) is 9.03. The maximum absolute atomic E-state index is 13.0. The zero-order valence-corrected chi connectivity index (χ0v) is 28.5. The maximum Gasteiger partial charge on any atom is 0.330 e. The molecule has 0 spiro atoms. The molecule has 9 nitrogen and oxygen atoms in total. The van der Waals surface area contributed by atoms with Crippen molar-refractivity contribution >= 4 is 18.7 Å². The van der Waals surface area contributed by atoms with Crippen molar-refractivity contribution in [3.05, 3.63) is 129 Å². The summed E-state index contributed by atoms with van der Waals surface area (Å²) in [6.07, 6.45) is -0.836. The number of aryl methyl sites for hydroxylation is 1. The van der Waals surface area contributed by atoms with Gasteiger partial charge in [-0.2, -0.15) is 0 Å². The zero-order chi connectivity index (χ0) is 33.6. The van der Waals surface area contributed by atoms with E-state index in [1.807, 2.05) is 66.7 Å². The lowest BCUT2D eigenvalue weighted by atomic mass is 9.91. The minimum Gasteiger partial charge on any atom is -0.399 e. The highest BCUT2D eigenvalue weighted by Crippen LogP contribution is 2.42. The van der Waals surface area contributed by atoms with Crippen LogP contribution in [-0.2, 0) is 20.5 Å². The Bertz CT molecular complexity index is 1650. The highest BCUT2D eigenvalue weighted by Gasteiger charge is 2.54. The van der Waals surface area contributed by atoms with Crippen molar-refractivity contribution in [2.75, 3.05) is 13.2 Å². The molecule has 1 saturated heterocycles. The molecule has 1 aromatic heterocycles. The molecule has 0 amide bonds. The van der Waals surface area contributed by atoms with Crippen LogP contribution in [0.2, 0.25) is 5.04 Å². The Balaban J connectivity index is 1.61. The van der Waals surface area contributed by atoms with E-state index in [1.54, 1.807) is 6.92 Å². The van der Waals surface area contributed by atoms with E-state index in [9.17, 15) is 19.8 Å². The van der Waals surface area contributed by atoms with Crippen LogP contribution in [-0.4, -0.2) is 59.6 Å². The molecule has 3 aromatic carbocycles. The minimum atomic E-state index is -3.10. The van der Waals surface area contributed by atoms with Gasteiger partial charge in [-0.25, -0.2) is 4.79 Å². The first-order valence-electron chi connectivity index (χ1n) is 16.2. The molecule has 5 rings (SSSR count). The fourth-order valence-corrected chi connectivity index (χ4v) is 11.4. The predicted octanol–water partition coefficient (Wildman–Crippen LogP) is 3.65. The van der Waals surface area contributed by atoms with Crippen LogP contribution in [0.5, 0.6) is 0 Å². The molecular weight excluding hydrogens is 613 g/mol. The second-order valence-corrected chi connectivity index (χ2v) is 17.7. The molecule has 4 aromatic rings. The molecule has 10 heteroatoms. The largest absolute Gasteiger partial charge is 0.399 e. The van der Waals surface area contributed by atoms with Gasteiger partial charge in [-0.3, -0.25) is 14.3 Å². The lowest BCUT2D eigenvalue weighted by molar-refractivity contribution is -0.0937. The summed E-state index contributed by atoms with van der Waals surface area (Å²) in [5.41, 5.74) is 0.382. The van der Waals surface area contributed by atoms with Gasteiger partial charge in [0, 0.05) is 11.8 Å². The topological polar surface area (TPSA) is 123 Å². The third-order valence-corrected chi connectivity index (χ3v) is 14.1. The zero-order valence-electron chi connectivity index (χ0n) is 27.5. The van der Waals surface area contributed by atoms with E-state index in [0.717, 1.165) is 15.9 Å². The normalized spacial score (nSPS) is 19.8. The maximum atomic E-state index is 13.0. The van der Waals surface area contributed by atoms with Gasteiger partial charge < -0.3 is 24.1 Å². The molecule has 47 heavy (non-hydrogen) atoms. The lowest BCUT2D eigenvalue weighted by Gasteiger charge is -2.46. The SMILES string of the molecule is Cc1cn([C@H]2C[C@H](CC(O)CO)[C@@H](C(COCc3ccccc3)O[Si](c3ccccc3)(c3ccccc3)C(C)(C)C)O2)c(=O)[nH]c1=O. The number of H-pyrrole nitrogens is 1. The van der Waals surface area contributed by atoms with Crippen molar-refractivity contribution in [2.45, 2.75) is 76.7 Å². The quantitative estimate of drug-likeness (QED) is 0.188. The van der Waals surface area contributed by atoms with Crippen molar-refractivity contribution in [3.8, 4) is 0 Å². The number of aromatic amines is 1. The second kappa shape index (κ2) is 15.1. The predicted molar refractivity (Wildman–Crippen MR) is 184 cm³/mol. The lowest BCUT2D eigenvalue weighted by Crippen LogP contribution is -2.69. The number of aliphatic hydroxyl groups is 2. The number of nitrogens with one attached hydrogen (secondary N) is 1. The Morgan fingerprint density at radius 2 is 1.53 bits per heavy atom. The molecule has 2 heterocycles. The monoisotopic (exact) mass is 658 g/mol. The van der Waals surface area contributed by atoms with Gasteiger partial charge >= 0.3 is 5.69 Å². The fourth-order valence-electron chi connectivity index (χ4n) is 6.75. The third kappa shape index (κ3) is 7.75. The highest BCUT2D eigenvalue weighted by atomic mass is 28.4. The Labute approximate surface area is 276 Å². The van der Waals surface area contributed by atoms with Crippen LogP contribution in [0, 0.1) is 12.8 Å². The number of ether oxygens (including phenoxy) is 2. The molecule has 1 fully saturated rings. The molecular formula is C37H46N2O7Si.